The number of nitrogens with zero attached hydrogens (tertiary/aromatic N) is 6. The van der Waals surface area contributed by atoms with Gasteiger partial charge in [0.05, 0.1) is 6.26 Å². The van der Waals surface area contributed by atoms with Crippen molar-refractivity contribution >= 4 is 11.7 Å². The van der Waals surface area contributed by atoms with E-state index in [0.717, 1.165) is 24.2 Å². The Kier molecular flexibility index (Phi) is 4.48. The summed E-state index contributed by atoms with van der Waals surface area (Å²) in [5, 5.41) is 7.97. The summed E-state index contributed by atoms with van der Waals surface area (Å²) in [5.41, 5.74) is 1.11. The van der Waals surface area contributed by atoms with Crippen LogP contribution in [0.2, 0.25) is 0 Å². The monoisotopic (exact) mass is 432 g/mol. The third kappa shape index (κ3) is 3.53. The molecule has 0 atom stereocenters. The van der Waals surface area contributed by atoms with Crippen molar-refractivity contribution in [2.75, 3.05) is 31.1 Å². The van der Waals surface area contributed by atoms with Crippen molar-refractivity contribution in [1.82, 2.24) is 25.2 Å². The maximum absolute atomic E-state index is 12.8. The zero-order chi connectivity index (χ0) is 21.5. The van der Waals surface area contributed by atoms with Crippen molar-refractivity contribution in [3.8, 4) is 22.9 Å². The fourth-order valence-corrected chi connectivity index (χ4v) is 3.77. The molecular weight excluding hydrogens is 412 g/mol. The summed E-state index contributed by atoms with van der Waals surface area (Å²) < 4.78 is 15.9. The van der Waals surface area contributed by atoms with Gasteiger partial charge in [0.25, 0.3) is 5.91 Å². The highest BCUT2D eigenvalue weighted by molar-refractivity contribution is 5.93. The van der Waals surface area contributed by atoms with Crippen LogP contribution in [-0.4, -0.2) is 57.3 Å². The molecule has 10 heteroatoms. The van der Waals surface area contributed by atoms with Gasteiger partial charge >= 0.3 is 0 Å². The maximum Gasteiger partial charge on any atom is 0.276 e. The molecule has 0 bridgehead atoms. The molecule has 2 fully saturated rings. The van der Waals surface area contributed by atoms with E-state index in [0.29, 0.717) is 55.3 Å². The molecule has 2 aliphatic rings. The summed E-state index contributed by atoms with van der Waals surface area (Å²) in [6.45, 7) is 2.49. The van der Waals surface area contributed by atoms with Gasteiger partial charge in [-0.1, -0.05) is 10.3 Å². The van der Waals surface area contributed by atoms with Crippen molar-refractivity contribution in [3.05, 3.63) is 54.4 Å². The van der Waals surface area contributed by atoms with Gasteiger partial charge in [0, 0.05) is 49.9 Å². The number of hydrogen-bond donors (Lipinski definition) is 0. The second-order valence-electron chi connectivity index (χ2n) is 7.97. The quantitative estimate of drug-likeness (QED) is 0.469. The molecule has 4 aromatic rings. The van der Waals surface area contributed by atoms with Crippen LogP contribution >= 0.6 is 0 Å². The molecule has 0 N–H and O–H groups in total. The summed E-state index contributed by atoms with van der Waals surface area (Å²) in [5.74, 6) is 3.40. The van der Waals surface area contributed by atoms with Gasteiger partial charge in [-0.2, -0.15) is 4.98 Å². The first-order chi connectivity index (χ1) is 15.7. The van der Waals surface area contributed by atoms with E-state index in [2.05, 4.69) is 25.2 Å². The molecule has 32 heavy (non-hydrogen) atoms. The number of pyridine rings is 1. The predicted molar refractivity (Wildman–Crippen MR) is 112 cm³/mol. The number of carbonyl (C=O) groups is 1. The molecule has 0 unspecified atom stereocenters. The standard InChI is InChI=1S/C22H20N6O4/c29-22(16-12-18(31-25-16)17-2-1-11-30-17)28-9-7-27(8-10-28)19-6-5-15(13-23-19)20-24-21(32-26-20)14-3-4-14/h1-2,5-6,11-14H,3-4,7-10H2. The second-order valence-corrected chi connectivity index (χ2v) is 7.97. The van der Waals surface area contributed by atoms with Crippen molar-refractivity contribution in [2.45, 2.75) is 18.8 Å². The lowest BCUT2D eigenvalue weighted by Crippen LogP contribution is -2.49. The van der Waals surface area contributed by atoms with E-state index < -0.39 is 0 Å². The minimum atomic E-state index is -0.155. The lowest BCUT2D eigenvalue weighted by Gasteiger charge is -2.35. The minimum Gasteiger partial charge on any atom is -0.461 e. The number of furan rings is 1. The van der Waals surface area contributed by atoms with Crippen LogP contribution in [0.25, 0.3) is 22.9 Å². The van der Waals surface area contributed by atoms with Crippen molar-refractivity contribution in [2.24, 2.45) is 0 Å². The number of aromatic nitrogens is 4. The summed E-state index contributed by atoms with van der Waals surface area (Å²) in [4.78, 5) is 25.8. The third-order valence-electron chi connectivity index (χ3n) is 5.76. The first-order valence-corrected chi connectivity index (χ1v) is 10.6. The smallest absolute Gasteiger partial charge is 0.276 e. The van der Waals surface area contributed by atoms with Crippen LogP contribution in [-0.2, 0) is 0 Å². The van der Waals surface area contributed by atoms with E-state index in [-0.39, 0.29) is 11.6 Å². The highest BCUT2D eigenvalue weighted by Gasteiger charge is 2.30. The summed E-state index contributed by atoms with van der Waals surface area (Å²) in [6.07, 6.45) is 5.55. The molecule has 1 amide bonds. The maximum atomic E-state index is 12.8. The molecule has 4 aromatic heterocycles. The average Bonchev–Trinajstić information content (AvgIpc) is 3.26. The largest absolute Gasteiger partial charge is 0.461 e. The molecule has 0 aromatic carbocycles. The molecule has 0 radical (unpaired) electrons. The highest BCUT2D eigenvalue weighted by Crippen LogP contribution is 2.39. The second kappa shape index (κ2) is 7.63. The third-order valence-corrected chi connectivity index (χ3v) is 5.76. The first-order valence-electron chi connectivity index (χ1n) is 10.6. The van der Waals surface area contributed by atoms with Crippen LogP contribution in [0.4, 0.5) is 5.82 Å². The Morgan fingerprint density at radius 2 is 1.88 bits per heavy atom. The van der Waals surface area contributed by atoms with Crippen molar-refractivity contribution in [1.29, 1.82) is 0 Å². The summed E-state index contributed by atoms with van der Waals surface area (Å²) in [6, 6.07) is 9.03. The number of rotatable bonds is 5. The van der Waals surface area contributed by atoms with E-state index in [4.69, 9.17) is 13.5 Å². The van der Waals surface area contributed by atoms with Gasteiger partial charge in [-0.3, -0.25) is 4.79 Å². The molecule has 5 heterocycles. The van der Waals surface area contributed by atoms with E-state index in [1.807, 2.05) is 12.1 Å². The molecular formula is C22H20N6O4. The lowest BCUT2D eigenvalue weighted by molar-refractivity contribution is 0.0736. The normalized spacial score (nSPS) is 16.5. The molecule has 10 nitrogen and oxygen atoms in total. The molecule has 1 aliphatic carbocycles. The lowest BCUT2D eigenvalue weighted by atomic mass is 10.2. The molecule has 1 saturated carbocycles. The summed E-state index contributed by atoms with van der Waals surface area (Å²) in [7, 11) is 0. The SMILES string of the molecule is O=C(c1cc(-c2ccco2)on1)N1CCN(c2ccc(-c3noc(C4CC4)n3)cn2)CC1. The van der Waals surface area contributed by atoms with E-state index in [1.54, 1.807) is 35.6 Å². The highest BCUT2D eigenvalue weighted by atomic mass is 16.5. The Hall–Kier alpha value is -3.95. The number of anilines is 1. The Morgan fingerprint density at radius 3 is 2.59 bits per heavy atom. The van der Waals surface area contributed by atoms with Crippen LogP contribution in [0.5, 0.6) is 0 Å². The van der Waals surface area contributed by atoms with Gasteiger partial charge in [0.1, 0.15) is 5.82 Å². The number of amides is 1. The average molecular weight is 432 g/mol. The number of carbonyl (C=O) groups excluding carboxylic acids is 1. The van der Waals surface area contributed by atoms with Gasteiger partial charge in [-0.15, -0.1) is 0 Å². The predicted octanol–water partition coefficient (Wildman–Crippen LogP) is 3.22. The number of piperazine rings is 1. The van der Waals surface area contributed by atoms with Crippen molar-refractivity contribution < 1.29 is 18.3 Å². The van der Waals surface area contributed by atoms with Gasteiger partial charge in [-0.25, -0.2) is 4.98 Å². The van der Waals surface area contributed by atoms with E-state index in [1.165, 1.54) is 0 Å². The van der Waals surface area contributed by atoms with E-state index in [9.17, 15) is 4.79 Å². The Labute approximate surface area is 182 Å². The molecule has 1 aliphatic heterocycles. The number of hydrogen-bond acceptors (Lipinski definition) is 9. The first kappa shape index (κ1) is 18.8. The zero-order valence-corrected chi connectivity index (χ0v) is 17.2. The summed E-state index contributed by atoms with van der Waals surface area (Å²) >= 11 is 0. The van der Waals surface area contributed by atoms with Crippen LogP contribution in [0.15, 0.2) is 56.3 Å². The van der Waals surface area contributed by atoms with E-state index >= 15 is 0 Å². The molecule has 0 spiro atoms. The molecule has 1 saturated heterocycles. The van der Waals surface area contributed by atoms with Crippen molar-refractivity contribution in [3.63, 3.8) is 0 Å². The van der Waals surface area contributed by atoms with Gasteiger partial charge in [0.2, 0.25) is 17.5 Å². The Balaban J connectivity index is 1.08. The zero-order valence-electron chi connectivity index (χ0n) is 17.2. The Morgan fingerprint density at radius 1 is 1.00 bits per heavy atom. The van der Waals surface area contributed by atoms with Crippen LogP contribution in [0.3, 0.4) is 0 Å². The van der Waals surface area contributed by atoms with Gasteiger partial charge in [-0.05, 0) is 37.1 Å². The molecule has 162 valence electrons. The van der Waals surface area contributed by atoms with Gasteiger partial charge < -0.3 is 23.3 Å². The molecule has 6 rings (SSSR count). The van der Waals surface area contributed by atoms with Crippen LogP contribution in [0, 0.1) is 0 Å². The van der Waals surface area contributed by atoms with Gasteiger partial charge in [0.15, 0.2) is 11.5 Å². The fraction of sp³-hybridized carbons (Fsp3) is 0.318. The van der Waals surface area contributed by atoms with Crippen LogP contribution in [0.1, 0.15) is 35.1 Å². The van der Waals surface area contributed by atoms with Crippen LogP contribution < -0.4 is 4.90 Å². The minimum absolute atomic E-state index is 0.155. The Bertz CT molecular complexity index is 1220. The topological polar surface area (TPSA) is 115 Å². The fourth-order valence-electron chi connectivity index (χ4n) is 3.77.